The van der Waals surface area contributed by atoms with Crippen molar-refractivity contribution in [3.8, 4) is 12.3 Å². The van der Waals surface area contributed by atoms with Crippen LogP contribution < -0.4 is 0 Å². The van der Waals surface area contributed by atoms with Gasteiger partial charge in [0.2, 0.25) is 0 Å². The van der Waals surface area contributed by atoms with Crippen LogP contribution in [0.15, 0.2) is 48.7 Å². The third-order valence-corrected chi connectivity index (χ3v) is 2.66. The standard InChI is InChI=1S/C16H12FNO2/c1-2-7-15(14-10-5-6-11-18-14)20-16(19)12-8-3-4-9-13(12)17/h1,3-6,8-11,15H,7H2/t15-/m1/s1. The lowest BCUT2D eigenvalue weighted by molar-refractivity contribution is 0.0293. The van der Waals surface area contributed by atoms with E-state index in [2.05, 4.69) is 10.9 Å². The smallest absolute Gasteiger partial charge is 0.341 e. The Morgan fingerprint density at radius 3 is 2.70 bits per heavy atom. The summed E-state index contributed by atoms with van der Waals surface area (Å²) in [6.45, 7) is 0. The Morgan fingerprint density at radius 2 is 2.05 bits per heavy atom. The fourth-order valence-electron chi connectivity index (χ4n) is 1.70. The Hall–Kier alpha value is -2.67. The summed E-state index contributed by atoms with van der Waals surface area (Å²) in [4.78, 5) is 16.1. The minimum atomic E-state index is -0.756. The molecule has 2 rings (SSSR count). The van der Waals surface area contributed by atoms with Gasteiger partial charge in [-0.05, 0) is 24.3 Å². The van der Waals surface area contributed by atoms with Gasteiger partial charge in [-0.2, -0.15) is 0 Å². The predicted molar refractivity (Wildman–Crippen MR) is 72.2 cm³/mol. The van der Waals surface area contributed by atoms with Crippen molar-refractivity contribution in [1.29, 1.82) is 0 Å². The van der Waals surface area contributed by atoms with Crippen LogP contribution in [0.25, 0.3) is 0 Å². The summed E-state index contributed by atoms with van der Waals surface area (Å²) in [5, 5.41) is 0. The maximum absolute atomic E-state index is 13.5. The summed E-state index contributed by atoms with van der Waals surface area (Å²) in [5.74, 6) is 1.04. The lowest BCUT2D eigenvalue weighted by atomic mass is 10.1. The number of rotatable bonds is 4. The van der Waals surface area contributed by atoms with Gasteiger partial charge < -0.3 is 4.74 Å². The first kappa shape index (κ1) is 13.8. The lowest BCUT2D eigenvalue weighted by Crippen LogP contribution is -2.13. The third kappa shape index (κ3) is 3.21. The molecule has 4 heteroatoms. The van der Waals surface area contributed by atoms with Crippen molar-refractivity contribution in [2.75, 3.05) is 0 Å². The van der Waals surface area contributed by atoms with Crippen LogP contribution in [-0.4, -0.2) is 11.0 Å². The third-order valence-electron chi connectivity index (χ3n) is 2.66. The van der Waals surface area contributed by atoms with Crippen LogP contribution in [0.5, 0.6) is 0 Å². The van der Waals surface area contributed by atoms with Gasteiger partial charge in [0.1, 0.15) is 5.82 Å². The van der Waals surface area contributed by atoms with Crippen LogP contribution >= 0.6 is 0 Å². The Morgan fingerprint density at radius 1 is 1.30 bits per heavy atom. The molecule has 100 valence electrons. The van der Waals surface area contributed by atoms with E-state index in [0.29, 0.717) is 5.69 Å². The molecule has 0 amide bonds. The molecule has 0 saturated heterocycles. The number of esters is 1. The Balaban J connectivity index is 2.19. The van der Waals surface area contributed by atoms with Crippen molar-refractivity contribution >= 4 is 5.97 Å². The number of aromatic nitrogens is 1. The number of pyridine rings is 1. The molecule has 0 spiro atoms. The van der Waals surface area contributed by atoms with E-state index in [-0.39, 0.29) is 12.0 Å². The van der Waals surface area contributed by atoms with Crippen LogP contribution in [0, 0.1) is 18.2 Å². The summed E-state index contributed by atoms with van der Waals surface area (Å²) in [7, 11) is 0. The monoisotopic (exact) mass is 269 g/mol. The summed E-state index contributed by atoms with van der Waals surface area (Å²) in [5.41, 5.74) is 0.417. The number of nitrogens with zero attached hydrogens (tertiary/aromatic N) is 1. The summed E-state index contributed by atoms with van der Waals surface area (Å²) < 4.78 is 18.8. The molecule has 1 heterocycles. The molecule has 1 aromatic heterocycles. The molecule has 0 aliphatic carbocycles. The molecule has 0 radical (unpaired) electrons. The highest BCUT2D eigenvalue weighted by atomic mass is 19.1. The van der Waals surface area contributed by atoms with Crippen molar-refractivity contribution in [3.63, 3.8) is 0 Å². The van der Waals surface area contributed by atoms with E-state index in [1.54, 1.807) is 30.5 Å². The number of carbonyl (C=O) groups is 1. The molecule has 0 fully saturated rings. The summed E-state index contributed by atoms with van der Waals surface area (Å²) in [6, 6.07) is 10.9. The van der Waals surface area contributed by atoms with Crippen LogP contribution in [0.3, 0.4) is 0 Å². The number of benzene rings is 1. The van der Waals surface area contributed by atoms with E-state index in [1.165, 1.54) is 18.2 Å². The molecule has 0 unspecified atom stereocenters. The lowest BCUT2D eigenvalue weighted by Gasteiger charge is -2.15. The van der Waals surface area contributed by atoms with Gasteiger partial charge >= 0.3 is 5.97 Å². The van der Waals surface area contributed by atoms with Gasteiger partial charge in [0.05, 0.1) is 17.7 Å². The Labute approximate surface area is 116 Å². The SMILES string of the molecule is C#CC[C@@H](OC(=O)c1ccccc1F)c1ccccn1. The second-order valence-electron chi connectivity index (χ2n) is 4.04. The Bertz CT molecular complexity index is 634. The minimum absolute atomic E-state index is 0.120. The maximum Gasteiger partial charge on any atom is 0.341 e. The highest BCUT2D eigenvalue weighted by Crippen LogP contribution is 2.21. The molecule has 1 aromatic carbocycles. The van der Waals surface area contributed by atoms with Crippen LogP contribution in [0.2, 0.25) is 0 Å². The normalized spacial score (nSPS) is 11.4. The molecule has 3 nitrogen and oxygen atoms in total. The average molecular weight is 269 g/mol. The van der Waals surface area contributed by atoms with E-state index in [0.717, 1.165) is 0 Å². The van der Waals surface area contributed by atoms with Crippen molar-refractivity contribution in [2.24, 2.45) is 0 Å². The van der Waals surface area contributed by atoms with E-state index in [9.17, 15) is 9.18 Å². The fourth-order valence-corrected chi connectivity index (χ4v) is 1.70. The summed E-state index contributed by atoms with van der Waals surface area (Å²) in [6.07, 6.45) is 6.34. The van der Waals surface area contributed by atoms with Gasteiger partial charge in [-0.3, -0.25) is 4.98 Å². The van der Waals surface area contributed by atoms with Crippen molar-refractivity contribution in [1.82, 2.24) is 4.98 Å². The first-order valence-electron chi connectivity index (χ1n) is 6.02. The van der Waals surface area contributed by atoms with Crippen LogP contribution in [0.1, 0.15) is 28.6 Å². The van der Waals surface area contributed by atoms with Crippen LogP contribution in [0.4, 0.5) is 4.39 Å². The average Bonchev–Trinajstić information content (AvgIpc) is 2.48. The molecule has 0 aliphatic heterocycles. The maximum atomic E-state index is 13.5. The van der Waals surface area contributed by atoms with E-state index in [4.69, 9.17) is 11.2 Å². The fraction of sp³-hybridized carbons (Fsp3) is 0.125. The second kappa shape index (κ2) is 6.48. The van der Waals surface area contributed by atoms with E-state index < -0.39 is 17.9 Å². The van der Waals surface area contributed by atoms with Crippen LogP contribution in [-0.2, 0) is 4.74 Å². The van der Waals surface area contributed by atoms with Gasteiger partial charge in [-0.15, -0.1) is 12.3 Å². The van der Waals surface area contributed by atoms with Crippen molar-refractivity contribution < 1.29 is 13.9 Å². The zero-order valence-electron chi connectivity index (χ0n) is 10.6. The molecule has 1 atom stereocenters. The first-order valence-corrected chi connectivity index (χ1v) is 6.02. The van der Waals surface area contributed by atoms with Gasteiger partial charge in [0.15, 0.2) is 6.10 Å². The predicted octanol–water partition coefficient (Wildman–Crippen LogP) is 3.14. The zero-order chi connectivity index (χ0) is 14.4. The topological polar surface area (TPSA) is 39.2 Å². The minimum Gasteiger partial charge on any atom is -0.451 e. The van der Waals surface area contributed by atoms with Gasteiger partial charge in [-0.25, -0.2) is 9.18 Å². The number of terminal acetylenes is 1. The van der Waals surface area contributed by atoms with Gasteiger partial charge in [0.25, 0.3) is 0 Å². The number of carbonyl (C=O) groups excluding carboxylic acids is 1. The zero-order valence-corrected chi connectivity index (χ0v) is 10.6. The molecule has 0 saturated carbocycles. The quantitative estimate of drug-likeness (QED) is 0.632. The molecule has 20 heavy (non-hydrogen) atoms. The van der Waals surface area contributed by atoms with E-state index >= 15 is 0 Å². The highest BCUT2D eigenvalue weighted by Gasteiger charge is 2.20. The number of hydrogen-bond donors (Lipinski definition) is 0. The van der Waals surface area contributed by atoms with E-state index in [1.807, 2.05) is 0 Å². The van der Waals surface area contributed by atoms with Crippen molar-refractivity contribution in [2.45, 2.75) is 12.5 Å². The Kier molecular flexibility index (Phi) is 4.46. The number of hydrogen-bond acceptors (Lipinski definition) is 3. The summed E-state index contributed by atoms with van der Waals surface area (Å²) >= 11 is 0. The number of halogens is 1. The van der Waals surface area contributed by atoms with Gasteiger partial charge in [-0.1, -0.05) is 18.2 Å². The first-order chi connectivity index (χ1) is 9.72. The molecule has 2 aromatic rings. The second-order valence-corrected chi connectivity index (χ2v) is 4.04. The van der Waals surface area contributed by atoms with Crippen molar-refractivity contribution in [3.05, 3.63) is 65.7 Å². The largest absolute Gasteiger partial charge is 0.451 e. The molecular formula is C16H12FNO2. The number of ether oxygens (including phenoxy) is 1. The molecule has 0 bridgehead atoms. The molecule has 0 aliphatic rings. The van der Waals surface area contributed by atoms with Gasteiger partial charge in [0, 0.05) is 6.20 Å². The molecule has 0 N–H and O–H groups in total. The molecular weight excluding hydrogens is 257 g/mol. The highest BCUT2D eigenvalue weighted by molar-refractivity contribution is 5.89.